The summed E-state index contributed by atoms with van der Waals surface area (Å²) in [5.41, 5.74) is 0.431. The first kappa shape index (κ1) is 20.8. The first-order valence-corrected chi connectivity index (χ1v) is 7.64. The molecule has 7 nitrogen and oxygen atoms in total. The molecule has 1 fully saturated rings. The van der Waals surface area contributed by atoms with E-state index in [1.807, 2.05) is 0 Å². The summed E-state index contributed by atoms with van der Waals surface area (Å²) in [4.78, 5) is 31.6. The molecule has 1 rings (SSSR count). The van der Waals surface area contributed by atoms with E-state index < -0.39 is 11.9 Å². The number of ether oxygens (including phenoxy) is 4. The highest BCUT2D eigenvalue weighted by Crippen LogP contribution is 2.09. The molecule has 0 aliphatic carbocycles. The summed E-state index contributed by atoms with van der Waals surface area (Å²) >= 11 is 7.36. The lowest BCUT2D eigenvalue weighted by Gasteiger charge is -2.03. The minimum absolute atomic E-state index is 0.0283. The van der Waals surface area contributed by atoms with Gasteiger partial charge in [0, 0.05) is 5.57 Å². The molecule has 0 aromatic rings. The predicted octanol–water partition coefficient (Wildman–Crippen LogP) is 0.437. The van der Waals surface area contributed by atoms with Crippen LogP contribution in [-0.4, -0.2) is 61.9 Å². The Morgan fingerprint density at radius 1 is 1.09 bits per heavy atom. The average molecular weight is 352 g/mol. The van der Waals surface area contributed by atoms with Gasteiger partial charge >= 0.3 is 17.9 Å². The van der Waals surface area contributed by atoms with Crippen LogP contribution in [0.4, 0.5) is 0 Å². The van der Waals surface area contributed by atoms with Crippen molar-refractivity contribution in [2.24, 2.45) is 0 Å². The number of hydrogen-bond acceptors (Lipinski definition) is 9. The van der Waals surface area contributed by atoms with Crippen LogP contribution in [0.1, 0.15) is 6.92 Å². The molecule has 0 aromatic carbocycles. The van der Waals surface area contributed by atoms with Gasteiger partial charge in [-0.2, -0.15) is 25.3 Å². The lowest BCUT2D eigenvalue weighted by Crippen LogP contribution is -2.14. The summed E-state index contributed by atoms with van der Waals surface area (Å²) in [6.45, 7) is 6.27. The van der Waals surface area contributed by atoms with Crippen LogP contribution in [0.2, 0.25) is 0 Å². The Morgan fingerprint density at radius 3 is 1.86 bits per heavy atom. The monoisotopic (exact) mass is 352 g/mol. The van der Waals surface area contributed by atoms with Gasteiger partial charge in [0.1, 0.15) is 25.9 Å². The maximum absolute atomic E-state index is 10.7. The van der Waals surface area contributed by atoms with Gasteiger partial charge in [-0.05, 0) is 6.92 Å². The Morgan fingerprint density at radius 2 is 1.55 bits per heavy atom. The standard InChI is InChI=1S/C7H10O3.C6H10O4S2/c1-5(2)7(8)10-4-6-3-9-6;7-5(3-11)9-1-2-10-6(8)4-12/h6H,1,3-4H2,2H3;11-12H,1-4H2. The van der Waals surface area contributed by atoms with E-state index in [0.29, 0.717) is 18.8 Å². The van der Waals surface area contributed by atoms with Crippen molar-refractivity contribution in [1.82, 2.24) is 0 Å². The van der Waals surface area contributed by atoms with E-state index in [2.05, 4.69) is 41.3 Å². The molecule has 0 N–H and O–H groups in total. The molecule has 126 valence electrons. The zero-order valence-electron chi connectivity index (χ0n) is 12.3. The molecule has 1 heterocycles. The third-order valence-electron chi connectivity index (χ3n) is 2.02. The maximum atomic E-state index is 10.7. The molecule has 9 heteroatoms. The van der Waals surface area contributed by atoms with Gasteiger partial charge in [-0.3, -0.25) is 9.59 Å². The number of thiol groups is 2. The van der Waals surface area contributed by atoms with E-state index in [0.717, 1.165) is 0 Å². The van der Waals surface area contributed by atoms with Gasteiger partial charge in [0.2, 0.25) is 0 Å². The van der Waals surface area contributed by atoms with Crippen LogP contribution in [0.5, 0.6) is 0 Å². The van der Waals surface area contributed by atoms with Gasteiger partial charge in [0.15, 0.2) is 0 Å². The average Bonchev–Trinajstić information content (AvgIpc) is 3.33. The zero-order valence-corrected chi connectivity index (χ0v) is 14.1. The van der Waals surface area contributed by atoms with Crippen molar-refractivity contribution in [3.63, 3.8) is 0 Å². The molecule has 0 amide bonds. The Hall–Kier alpha value is -1.19. The first-order chi connectivity index (χ1) is 10.4. The fourth-order valence-corrected chi connectivity index (χ4v) is 1.04. The second-order valence-electron chi connectivity index (χ2n) is 4.09. The highest BCUT2D eigenvalue weighted by atomic mass is 32.1. The number of hydrogen-bond donors (Lipinski definition) is 2. The molecule has 22 heavy (non-hydrogen) atoms. The molecule has 1 unspecified atom stereocenters. The number of epoxide rings is 1. The molecule has 0 saturated carbocycles. The quantitative estimate of drug-likeness (QED) is 0.163. The second-order valence-corrected chi connectivity index (χ2v) is 4.72. The Bertz CT molecular complexity index is 376. The highest BCUT2D eigenvalue weighted by Gasteiger charge is 2.24. The van der Waals surface area contributed by atoms with Crippen molar-refractivity contribution in [3.05, 3.63) is 12.2 Å². The van der Waals surface area contributed by atoms with E-state index in [1.54, 1.807) is 6.92 Å². The van der Waals surface area contributed by atoms with Gasteiger partial charge in [-0.25, -0.2) is 4.79 Å². The third-order valence-corrected chi connectivity index (χ3v) is 2.54. The van der Waals surface area contributed by atoms with Crippen LogP contribution >= 0.6 is 25.3 Å². The smallest absolute Gasteiger partial charge is 0.333 e. The highest BCUT2D eigenvalue weighted by molar-refractivity contribution is 7.81. The van der Waals surface area contributed by atoms with E-state index in [9.17, 15) is 14.4 Å². The van der Waals surface area contributed by atoms with E-state index in [1.165, 1.54) is 0 Å². The largest absolute Gasteiger partial charge is 0.461 e. The summed E-state index contributed by atoms with van der Waals surface area (Å²) in [7, 11) is 0. The summed E-state index contributed by atoms with van der Waals surface area (Å²) in [6.07, 6.45) is 0.142. The van der Waals surface area contributed by atoms with Gasteiger partial charge in [0.25, 0.3) is 0 Å². The number of carbonyl (C=O) groups excluding carboxylic acids is 3. The van der Waals surface area contributed by atoms with Crippen molar-refractivity contribution in [1.29, 1.82) is 0 Å². The minimum atomic E-state index is -0.430. The molecule has 1 aliphatic heterocycles. The molecule has 1 saturated heterocycles. The van der Waals surface area contributed by atoms with E-state index in [-0.39, 0.29) is 36.8 Å². The van der Waals surface area contributed by atoms with Crippen LogP contribution in [0, 0.1) is 0 Å². The van der Waals surface area contributed by atoms with Crippen molar-refractivity contribution >= 4 is 43.2 Å². The van der Waals surface area contributed by atoms with E-state index >= 15 is 0 Å². The van der Waals surface area contributed by atoms with Gasteiger partial charge in [-0.15, -0.1) is 0 Å². The maximum Gasteiger partial charge on any atom is 0.333 e. The van der Waals surface area contributed by atoms with Gasteiger partial charge < -0.3 is 18.9 Å². The normalized spacial score (nSPS) is 15.0. The van der Waals surface area contributed by atoms with Crippen molar-refractivity contribution in [2.45, 2.75) is 13.0 Å². The molecular formula is C13H20O7S2. The summed E-state index contributed by atoms with van der Waals surface area (Å²) < 4.78 is 18.7. The van der Waals surface area contributed by atoms with Crippen LogP contribution in [0.3, 0.4) is 0 Å². The SMILES string of the molecule is C=C(C)C(=O)OCC1CO1.O=C(CS)OCCOC(=O)CS. The molecule has 0 bridgehead atoms. The lowest BCUT2D eigenvalue weighted by molar-refractivity contribution is -0.148. The van der Waals surface area contributed by atoms with Crippen LogP contribution in [-0.2, 0) is 33.3 Å². The lowest BCUT2D eigenvalue weighted by atomic mass is 10.4. The Balaban J connectivity index is 0.000000406. The number of carbonyl (C=O) groups is 3. The number of rotatable bonds is 8. The van der Waals surface area contributed by atoms with Crippen LogP contribution in [0.15, 0.2) is 12.2 Å². The summed E-state index contributed by atoms with van der Waals surface area (Å²) in [6, 6.07) is 0. The molecule has 1 atom stereocenters. The third kappa shape index (κ3) is 12.5. The fourth-order valence-electron chi connectivity index (χ4n) is 0.858. The minimum Gasteiger partial charge on any atom is -0.461 e. The summed E-state index contributed by atoms with van der Waals surface area (Å²) in [5.74, 6) is -1.14. The molecule has 0 radical (unpaired) electrons. The van der Waals surface area contributed by atoms with Gasteiger partial charge in [0.05, 0.1) is 18.1 Å². The fraction of sp³-hybridized carbons (Fsp3) is 0.615. The van der Waals surface area contributed by atoms with Crippen molar-refractivity contribution < 1.29 is 33.3 Å². The van der Waals surface area contributed by atoms with Crippen LogP contribution < -0.4 is 0 Å². The van der Waals surface area contributed by atoms with Gasteiger partial charge in [-0.1, -0.05) is 6.58 Å². The Kier molecular flexibility index (Phi) is 11.7. The van der Waals surface area contributed by atoms with Crippen molar-refractivity contribution in [3.8, 4) is 0 Å². The number of esters is 3. The first-order valence-electron chi connectivity index (χ1n) is 6.37. The van der Waals surface area contributed by atoms with E-state index in [4.69, 9.17) is 9.47 Å². The van der Waals surface area contributed by atoms with Crippen LogP contribution in [0.25, 0.3) is 0 Å². The topological polar surface area (TPSA) is 91.4 Å². The zero-order chi connectivity index (χ0) is 17.0. The molecule has 1 aliphatic rings. The predicted molar refractivity (Wildman–Crippen MR) is 85.1 cm³/mol. The van der Waals surface area contributed by atoms with Crippen molar-refractivity contribution in [2.75, 3.05) is 37.9 Å². The molecule has 0 spiro atoms. The molecular weight excluding hydrogens is 332 g/mol. The molecule has 0 aromatic heterocycles. The summed E-state index contributed by atoms with van der Waals surface area (Å²) in [5, 5.41) is 0. The second kappa shape index (κ2) is 12.4. The Labute approximate surface area is 140 Å².